The Morgan fingerprint density at radius 1 is 1.35 bits per heavy atom. The van der Waals surface area contributed by atoms with Gasteiger partial charge in [0.05, 0.1) is 6.10 Å². The van der Waals surface area contributed by atoms with Crippen molar-refractivity contribution in [3.05, 3.63) is 18.3 Å². The third kappa shape index (κ3) is 3.09. The number of hydrogen-bond acceptors (Lipinski definition) is 4. The maximum absolute atomic E-state index is 5.98. The lowest BCUT2D eigenvalue weighted by atomic mass is 9.80. The first-order chi connectivity index (χ1) is 8.19. The number of hydrogen-bond donors (Lipinski definition) is 2. The Morgan fingerprint density at radius 3 is 2.88 bits per heavy atom. The SMILES string of the molecule is CC1CCC(Oc2ccnc(NN)c2)CC1C. The summed E-state index contributed by atoms with van der Waals surface area (Å²) in [6, 6.07) is 3.71. The average Bonchev–Trinajstić information content (AvgIpc) is 2.34. The zero-order valence-electron chi connectivity index (χ0n) is 10.5. The molecule has 3 unspecified atom stereocenters. The van der Waals surface area contributed by atoms with Gasteiger partial charge in [-0.3, -0.25) is 0 Å². The van der Waals surface area contributed by atoms with Crippen LogP contribution >= 0.6 is 0 Å². The van der Waals surface area contributed by atoms with E-state index in [0.717, 1.165) is 30.4 Å². The number of nitrogens with zero attached hydrogens (tertiary/aromatic N) is 1. The van der Waals surface area contributed by atoms with E-state index in [1.165, 1.54) is 6.42 Å². The monoisotopic (exact) mass is 235 g/mol. The Morgan fingerprint density at radius 2 is 2.18 bits per heavy atom. The molecule has 1 saturated carbocycles. The molecule has 0 radical (unpaired) electrons. The predicted molar refractivity (Wildman–Crippen MR) is 68.6 cm³/mol. The molecule has 17 heavy (non-hydrogen) atoms. The minimum absolute atomic E-state index is 0.328. The predicted octanol–water partition coefficient (Wildman–Crippen LogP) is 2.57. The van der Waals surface area contributed by atoms with E-state index in [1.54, 1.807) is 6.20 Å². The maximum Gasteiger partial charge on any atom is 0.143 e. The molecule has 0 saturated heterocycles. The molecule has 1 aliphatic rings. The maximum atomic E-state index is 5.98. The Balaban J connectivity index is 1.96. The molecule has 0 spiro atoms. The number of aromatic nitrogens is 1. The summed E-state index contributed by atoms with van der Waals surface area (Å²) >= 11 is 0. The van der Waals surface area contributed by atoms with Crippen LogP contribution < -0.4 is 16.0 Å². The lowest BCUT2D eigenvalue weighted by molar-refractivity contribution is 0.101. The highest BCUT2D eigenvalue weighted by atomic mass is 16.5. The van der Waals surface area contributed by atoms with Gasteiger partial charge in [-0.2, -0.15) is 0 Å². The molecule has 0 bridgehead atoms. The summed E-state index contributed by atoms with van der Waals surface area (Å²) in [5, 5.41) is 0. The number of pyridine rings is 1. The van der Waals surface area contributed by atoms with Crippen molar-refractivity contribution in [3.63, 3.8) is 0 Å². The van der Waals surface area contributed by atoms with Crippen LogP contribution in [0.2, 0.25) is 0 Å². The lowest BCUT2D eigenvalue weighted by Gasteiger charge is -2.32. The highest BCUT2D eigenvalue weighted by molar-refractivity contribution is 5.39. The van der Waals surface area contributed by atoms with Crippen LogP contribution in [0, 0.1) is 11.8 Å². The molecule has 1 aliphatic carbocycles. The van der Waals surface area contributed by atoms with Crippen LogP contribution in [0.1, 0.15) is 33.1 Å². The van der Waals surface area contributed by atoms with Crippen molar-refractivity contribution in [2.75, 3.05) is 5.43 Å². The Bertz CT molecular complexity index is 369. The van der Waals surface area contributed by atoms with Gasteiger partial charge >= 0.3 is 0 Å². The fraction of sp³-hybridized carbons (Fsp3) is 0.615. The second-order valence-electron chi connectivity index (χ2n) is 5.03. The summed E-state index contributed by atoms with van der Waals surface area (Å²) in [5.41, 5.74) is 2.53. The van der Waals surface area contributed by atoms with Gasteiger partial charge in [0.2, 0.25) is 0 Å². The number of ether oxygens (including phenoxy) is 1. The molecule has 1 aromatic heterocycles. The van der Waals surface area contributed by atoms with Crippen LogP contribution in [-0.2, 0) is 0 Å². The van der Waals surface area contributed by atoms with Crippen molar-refractivity contribution in [2.24, 2.45) is 17.7 Å². The molecule has 4 heteroatoms. The molecular weight excluding hydrogens is 214 g/mol. The second-order valence-corrected chi connectivity index (χ2v) is 5.03. The van der Waals surface area contributed by atoms with E-state index in [9.17, 15) is 0 Å². The molecule has 3 atom stereocenters. The molecular formula is C13H21N3O. The summed E-state index contributed by atoms with van der Waals surface area (Å²) in [5.74, 6) is 8.36. The van der Waals surface area contributed by atoms with E-state index >= 15 is 0 Å². The van der Waals surface area contributed by atoms with Crippen LogP contribution in [-0.4, -0.2) is 11.1 Å². The summed E-state index contributed by atoms with van der Waals surface area (Å²) < 4.78 is 5.98. The van der Waals surface area contributed by atoms with Crippen molar-refractivity contribution >= 4 is 5.82 Å². The lowest BCUT2D eigenvalue weighted by Crippen LogP contribution is -2.28. The number of rotatable bonds is 3. The first kappa shape index (κ1) is 12.2. The summed E-state index contributed by atoms with van der Waals surface area (Å²) in [6.07, 6.45) is 5.56. The third-order valence-corrected chi connectivity index (χ3v) is 3.73. The van der Waals surface area contributed by atoms with Gasteiger partial charge in [-0.15, -0.1) is 0 Å². The molecule has 94 valence electrons. The number of anilines is 1. The molecule has 0 amide bonds. The van der Waals surface area contributed by atoms with Crippen LogP contribution in [0.15, 0.2) is 18.3 Å². The van der Waals surface area contributed by atoms with Crippen molar-refractivity contribution in [2.45, 2.75) is 39.2 Å². The van der Waals surface area contributed by atoms with Crippen molar-refractivity contribution < 1.29 is 4.74 Å². The molecule has 1 heterocycles. The van der Waals surface area contributed by atoms with Gasteiger partial charge in [0.15, 0.2) is 0 Å². The zero-order valence-corrected chi connectivity index (χ0v) is 10.5. The van der Waals surface area contributed by atoms with E-state index < -0.39 is 0 Å². The van der Waals surface area contributed by atoms with Gasteiger partial charge in [0, 0.05) is 12.3 Å². The molecule has 3 N–H and O–H groups in total. The Kier molecular flexibility index (Phi) is 3.84. The average molecular weight is 235 g/mol. The van der Waals surface area contributed by atoms with Gasteiger partial charge in [-0.05, 0) is 37.2 Å². The van der Waals surface area contributed by atoms with Gasteiger partial charge in [0.1, 0.15) is 11.6 Å². The molecule has 0 aliphatic heterocycles. The fourth-order valence-electron chi connectivity index (χ4n) is 2.36. The van der Waals surface area contributed by atoms with E-state index in [0.29, 0.717) is 11.9 Å². The number of nitrogens with two attached hydrogens (primary N) is 1. The highest BCUT2D eigenvalue weighted by Crippen LogP contribution is 2.31. The van der Waals surface area contributed by atoms with Gasteiger partial charge < -0.3 is 10.2 Å². The Labute approximate surface area is 103 Å². The third-order valence-electron chi connectivity index (χ3n) is 3.73. The van der Waals surface area contributed by atoms with Crippen molar-refractivity contribution in [1.29, 1.82) is 0 Å². The van der Waals surface area contributed by atoms with Gasteiger partial charge in [-0.25, -0.2) is 10.8 Å². The van der Waals surface area contributed by atoms with E-state index in [-0.39, 0.29) is 0 Å². The quantitative estimate of drug-likeness (QED) is 0.624. The fourth-order valence-corrected chi connectivity index (χ4v) is 2.36. The summed E-state index contributed by atoms with van der Waals surface area (Å²) in [6.45, 7) is 4.63. The van der Waals surface area contributed by atoms with Crippen LogP contribution in [0.3, 0.4) is 0 Å². The zero-order chi connectivity index (χ0) is 12.3. The Hall–Kier alpha value is -1.29. The second kappa shape index (κ2) is 5.36. The molecule has 0 aromatic carbocycles. The van der Waals surface area contributed by atoms with E-state index in [1.807, 2.05) is 12.1 Å². The normalized spacial score (nSPS) is 28.8. The van der Waals surface area contributed by atoms with Crippen LogP contribution in [0.4, 0.5) is 5.82 Å². The van der Waals surface area contributed by atoms with E-state index in [4.69, 9.17) is 10.6 Å². The van der Waals surface area contributed by atoms with Gasteiger partial charge in [0.25, 0.3) is 0 Å². The summed E-state index contributed by atoms with van der Waals surface area (Å²) in [4.78, 5) is 4.06. The van der Waals surface area contributed by atoms with Crippen LogP contribution in [0.25, 0.3) is 0 Å². The molecule has 4 nitrogen and oxygen atoms in total. The standard InChI is InChI=1S/C13H21N3O/c1-9-3-4-11(7-10(9)2)17-12-5-6-15-13(8-12)16-14/h5-6,8-11H,3-4,7,14H2,1-2H3,(H,15,16). The van der Waals surface area contributed by atoms with Crippen molar-refractivity contribution in [1.82, 2.24) is 4.98 Å². The first-order valence-electron chi connectivity index (χ1n) is 6.28. The number of nitrogen functional groups attached to an aromatic ring is 1. The summed E-state index contributed by atoms with van der Waals surface area (Å²) in [7, 11) is 0. The van der Waals surface area contributed by atoms with Crippen LogP contribution in [0.5, 0.6) is 5.75 Å². The van der Waals surface area contributed by atoms with Crippen molar-refractivity contribution in [3.8, 4) is 5.75 Å². The highest BCUT2D eigenvalue weighted by Gasteiger charge is 2.25. The minimum Gasteiger partial charge on any atom is -0.490 e. The smallest absolute Gasteiger partial charge is 0.143 e. The molecule has 1 fully saturated rings. The van der Waals surface area contributed by atoms with E-state index in [2.05, 4.69) is 24.3 Å². The minimum atomic E-state index is 0.328. The number of hydrazine groups is 1. The van der Waals surface area contributed by atoms with Gasteiger partial charge in [-0.1, -0.05) is 13.8 Å². The first-order valence-corrected chi connectivity index (χ1v) is 6.28. The molecule has 1 aromatic rings. The number of nitrogens with one attached hydrogen (secondary N) is 1. The largest absolute Gasteiger partial charge is 0.490 e. The topological polar surface area (TPSA) is 60.2 Å². The molecule has 2 rings (SSSR count).